The minimum absolute atomic E-state index is 0. The first-order valence-corrected chi connectivity index (χ1v) is 7.40. The molecule has 120 valence electrons. The first-order valence-electron chi connectivity index (χ1n) is 7.40. The van der Waals surface area contributed by atoms with Gasteiger partial charge < -0.3 is 15.4 Å². The lowest BCUT2D eigenvalue weighted by molar-refractivity contribution is 0.302. The molecule has 0 saturated carbocycles. The van der Waals surface area contributed by atoms with Crippen LogP contribution in [-0.4, -0.2) is 30.6 Å². The van der Waals surface area contributed by atoms with E-state index in [9.17, 15) is 0 Å². The van der Waals surface area contributed by atoms with Crippen LogP contribution < -0.4 is 15.4 Å². The maximum absolute atomic E-state index is 5.64. The van der Waals surface area contributed by atoms with E-state index in [1.807, 2.05) is 12.1 Å². The molecular formula is C15H27IN4O. The fraction of sp³-hybridized carbons (Fsp3) is 0.600. The van der Waals surface area contributed by atoms with Gasteiger partial charge in [-0.15, -0.1) is 24.0 Å². The maximum atomic E-state index is 5.64. The Kier molecular flexibility index (Phi) is 12.0. The Morgan fingerprint density at radius 3 is 2.71 bits per heavy atom. The molecule has 1 aromatic heterocycles. The number of guanidine groups is 1. The van der Waals surface area contributed by atoms with Crippen LogP contribution >= 0.6 is 24.0 Å². The van der Waals surface area contributed by atoms with Gasteiger partial charge >= 0.3 is 0 Å². The summed E-state index contributed by atoms with van der Waals surface area (Å²) in [4.78, 5) is 8.83. The minimum Gasteiger partial charge on any atom is -0.477 e. The Hall–Kier alpha value is -1.05. The largest absolute Gasteiger partial charge is 0.477 e. The molecule has 0 aliphatic carbocycles. The van der Waals surface area contributed by atoms with Gasteiger partial charge in [0.1, 0.15) is 0 Å². The van der Waals surface area contributed by atoms with E-state index in [-0.39, 0.29) is 24.0 Å². The van der Waals surface area contributed by atoms with Crippen molar-refractivity contribution >= 4 is 29.9 Å². The normalized spacial score (nSPS) is 10.7. The lowest BCUT2D eigenvalue weighted by Crippen LogP contribution is -2.37. The van der Waals surface area contributed by atoms with E-state index in [0.29, 0.717) is 19.0 Å². The van der Waals surface area contributed by atoms with Crippen molar-refractivity contribution < 1.29 is 4.74 Å². The summed E-state index contributed by atoms with van der Waals surface area (Å²) >= 11 is 0. The summed E-state index contributed by atoms with van der Waals surface area (Å²) in [5, 5.41) is 6.51. The lowest BCUT2D eigenvalue weighted by atomic mass is 10.3. The molecule has 0 saturated heterocycles. The van der Waals surface area contributed by atoms with Gasteiger partial charge in [-0.2, -0.15) is 0 Å². The van der Waals surface area contributed by atoms with Crippen molar-refractivity contribution in [2.45, 2.75) is 40.2 Å². The minimum atomic E-state index is 0. The third-order valence-corrected chi connectivity index (χ3v) is 2.59. The molecule has 0 aromatic carbocycles. The molecule has 5 nitrogen and oxygen atoms in total. The third-order valence-electron chi connectivity index (χ3n) is 2.59. The number of rotatable bonds is 8. The van der Waals surface area contributed by atoms with Gasteiger partial charge in [0.05, 0.1) is 13.2 Å². The molecule has 0 unspecified atom stereocenters. The zero-order chi connectivity index (χ0) is 14.6. The molecule has 2 N–H and O–H groups in total. The van der Waals surface area contributed by atoms with Gasteiger partial charge in [-0.1, -0.05) is 19.9 Å². The molecule has 1 heterocycles. The number of ether oxygens (including phenoxy) is 1. The summed E-state index contributed by atoms with van der Waals surface area (Å²) in [5.74, 6) is 1.52. The Bertz CT molecular complexity index is 412. The number of hydrogen-bond donors (Lipinski definition) is 2. The lowest BCUT2D eigenvalue weighted by Gasteiger charge is -2.11. The molecule has 0 radical (unpaired) electrons. The van der Waals surface area contributed by atoms with Crippen LogP contribution in [0.1, 0.15) is 39.2 Å². The van der Waals surface area contributed by atoms with E-state index in [1.54, 1.807) is 6.20 Å². The molecule has 0 aliphatic rings. The predicted octanol–water partition coefficient (Wildman–Crippen LogP) is 2.95. The molecule has 0 fully saturated rings. The second kappa shape index (κ2) is 12.7. The Labute approximate surface area is 145 Å². The summed E-state index contributed by atoms with van der Waals surface area (Å²) in [7, 11) is 0. The van der Waals surface area contributed by atoms with Crippen molar-refractivity contribution in [2.75, 3.05) is 19.7 Å². The molecular weight excluding hydrogens is 379 g/mol. The molecule has 1 aromatic rings. The van der Waals surface area contributed by atoms with Gasteiger partial charge in [0.25, 0.3) is 0 Å². The van der Waals surface area contributed by atoms with Crippen LogP contribution in [0, 0.1) is 0 Å². The SMILES string of the molecule is CCCNC(=NCc1cccnc1OCCC)NCC.I. The quantitative estimate of drug-likeness (QED) is 0.396. The number of hydrogen-bond acceptors (Lipinski definition) is 3. The predicted molar refractivity (Wildman–Crippen MR) is 98.5 cm³/mol. The number of nitrogens with one attached hydrogen (secondary N) is 2. The van der Waals surface area contributed by atoms with Crippen LogP contribution in [0.25, 0.3) is 0 Å². The molecule has 0 bridgehead atoms. The zero-order valence-corrected chi connectivity index (χ0v) is 15.5. The Balaban J connectivity index is 0.00000400. The molecule has 0 aliphatic heterocycles. The van der Waals surface area contributed by atoms with Gasteiger partial charge in [-0.25, -0.2) is 9.98 Å². The van der Waals surface area contributed by atoms with Crippen molar-refractivity contribution in [3.05, 3.63) is 23.9 Å². The van der Waals surface area contributed by atoms with E-state index in [4.69, 9.17) is 4.74 Å². The van der Waals surface area contributed by atoms with E-state index < -0.39 is 0 Å². The number of pyridine rings is 1. The Morgan fingerprint density at radius 1 is 1.24 bits per heavy atom. The van der Waals surface area contributed by atoms with Gasteiger partial charge in [0, 0.05) is 24.8 Å². The second-order valence-corrected chi connectivity index (χ2v) is 4.44. The smallest absolute Gasteiger partial charge is 0.218 e. The van der Waals surface area contributed by atoms with Crippen molar-refractivity contribution in [3.8, 4) is 5.88 Å². The summed E-state index contributed by atoms with van der Waals surface area (Å²) in [6.07, 6.45) is 3.79. The number of nitrogens with zero attached hydrogens (tertiary/aromatic N) is 2. The topological polar surface area (TPSA) is 58.5 Å². The van der Waals surface area contributed by atoms with Gasteiger partial charge in [-0.3, -0.25) is 0 Å². The summed E-state index contributed by atoms with van der Waals surface area (Å²) in [6.45, 7) is 9.28. The van der Waals surface area contributed by atoms with E-state index >= 15 is 0 Å². The van der Waals surface area contributed by atoms with E-state index in [2.05, 4.69) is 41.4 Å². The maximum Gasteiger partial charge on any atom is 0.218 e. The van der Waals surface area contributed by atoms with Crippen LogP contribution in [0.2, 0.25) is 0 Å². The molecule has 1 rings (SSSR count). The van der Waals surface area contributed by atoms with Crippen LogP contribution in [-0.2, 0) is 6.54 Å². The first kappa shape index (κ1) is 19.9. The van der Waals surface area contributed by atoms with E-state index in [0.717, 1.165) is 37.5 Å². The van der Waals surface area contributed by atoms with Crippen LogP contribution in [0.5, 0.6) is 5.88 Å². The average Bonchev–Trinajstić information content (AvgIpc) is 2.48. The molecule has 21 heavy (non-hydrogen) atoms. The van der Waals surface area contributed by atoms with Gasteiger partial charge in [0.2, 0.25) is 5.88 Å². The third kappa shape index (κ3) is 8.08. The number of aliphatic imine (C=N–C) groups is 1. The average molecular weight is 406 g/mol. The van der Waals surface area contributed by atoms with Crippen molar-refractivity contribution in [1.82, 2.24) is 15.6 Å². The second-order valence-electron chi connectivity index (χ2n) is 4.44. The zero-order valence-electron chi connectivity index (χ0n) is 13.2. The highest BCUT2D eigenvalue weighted by atomic mass is 127. The van der Waals surface area contributed by atoms with Crippen LogP contribution in [0.15, 0.2) is 23.3 Å². The highest BCUT2D eigenvalue weighted by Gasteiger charge is 2.04. The number of halogens is 1. The van der Waals surface area contributed by atoms with Crippen molar-refractivity contribution in [1.29, 1.82) is 0 Å². The van der Waals surface area contributed by atoms with Gasteiger partial charge in [-0.05, 0) is 25.8 Å². The Morgan fingerprint density at radius 2 is 2.05 bits per heavy atom. The fourth-order valence-electron chi connectivity index (χ4n) is 1.62. The molecule has 0 atom stereocenters. The monoisotopic (exact) mass is 406 g/mol. The molecule has 0 amide bonds. The number of aromatic nitrogens is 1. The van der Waals surface area contributed by atoms with Gasteiger partial charge in [0.15, 0.2) is 5.96 Å². The highest BCUT2D eigenvalue weighted by molar-refractivity contribution is 14.0. The van der Waals surface area contributed by atoms with Crippen LogP contribution in [0.4, 0.5) is 0 Å². The fourth-order valence-corrected chi connectivity index (χ4v) is 1.62. The summed E-state index contributed by atoms with van der Waals surface area (Å²) in [6, 6.07) is 3.92. The summed E-state index contributed by atoms with van der Waals surface area (Å²) in [5.41, 5.74) is 1.01. The molecule has 0 spiro atoms. The standard InChI is InChI=1S/C15H26N4O.HI/c1-4-9-18-15(16-6-3)19-12-13-8-7-10-17-14(13)20-11-5-2;/h7-8,10H,4-6,9,11-12H2,1-3H3,(H2,16,18,19);1H. The summed E-state index contributed by atoms with van der Waals surface area (Å²) < 4.78 is 5.64. The van der Waals surface area contributed by atoms with Crippen LogP contribution in [0.3, 0.4) is 0 Å². The van der Waals surface area contributed by atoms with Crippen molar-refractivity contribution in [2.24, 2.45) is 4.99 Å². The highest BCUT2D eigenvalue weighted by Crippen LogP contribution is 2.15. The van der Waals surface area contributed by atoms with E-state index in [1.165, 1.54) is 0 Å². The molecule has 6 heteroatoms. The first-order chi connectivity index (χ1) is 9.81. The van der Waals surface area contributed by atoms with Crippen molar-refractivity contribution in [3.63, 3.8) is 0 Å².